The molecule has 0 spiro atoms. The van der Waals surface area contributed by atoms with Crippen molar-refractivity contribution in [1.82, 2.24) is 0 Å². The van der Waals surface area contributed by atoms with Crippen LogP contribution in [0.1, 0.15) is 6.42 Å². The van der Waals surface area contributed by atoms with E-state index in [-0.39, 0.29) is 0 Å². The summed E-state index contributed by atoms with van der Waals surface area (Å²) in [5, 5.41) is 17.6. The van der Waals surface area contributed by atoms with Crippen molar-refractivity contribution < 1.29 is 15.0 Å². The van der Waals surface area contributed by atoms with Crippen molar-refractivity contribution in [3.8, 4) is 0 Å². The molecule has 0 amide bonds. The number of hydrogen-bond acceptors (Lipinski definition) is 3. The Morgan fingerprint density at radius 1 is 1.56 bits per heavy atom. The molecule has 0 aliphatic heterocycles. The second-order valence-corrected chi connectivity index (χ2v) is 2.05. The Morgan fingerprint density at radius 2 is 2.22 bits per heavy atom. The van der Waals surface area contributed by atoms with E-state index >= 15 is 0 Å². The van der Waals surface area contributed by atoms with E-state index in [0.29, 0.717) is 6.42 Å². The van der Waals surface area contributed by atoms with Crippen molar-refractivity contribution in [3.05, 3.63) is 12.2 Å². The van der Waals surface area contributed by atoms with E-state index in [9.17, 15) is 4.79 Å². The zero-order chi connectivity index (χ0) is 6.85. The summed E-state index contributed by atoms with van der Waals surface area (Å²) in [5.74, 6) is -0.409. The molecule has 1 aliphatic carbocycles. The molecule has 9 heavy (non-hydrogen) atoms. The van der Waals surface area contributed by atoms with Crippen LogP contribution in [0.25, 0.3) is 0 Å². The molecule has 2 atom stereocenters. The van der Waals surface area contributed by atoms with Crippen molar-refractivity contribution >= 4 is 5.78 Å². The average molecular weight is 128 g/mol. The van der Waals surface area contributed by atoms with E-state index in [1.807, 2.05) is 0 Å². The van der Waals surface area contributed by atoms with E-state index in [4.69, 9.17) is 10.2 Å². The van der Waals surface area contributed by atoms with Crippen molar-refractivity contribution in [2.24, 2.45) is 0 Å². The first-order valence-electron chi connectivity index (χ1n) is 2.78. The molecule has 0 aromatic heterocycles. The molecular formula is C6H8O3. The molecule has 3 nitrogen and oxygen atoms in total. The zero-order valence-electron chi connectivity index (χ0n) is 4.82. The summed E-state index contributed by atoms with van der Waals surface area (Å²) in [7, 11) is 0. The van der Waals surface area contributed by atoms with Crippen LogP contribution in [0.5, 0.6) is 0 Å². The molecule has 1 aliphatic rings. The summed E-state index contributed by atoms with van der Waals surface area (Å²) in [4.78, 5) is 10.5. The normalized spacial score (nSPS) is 35.1. The second-order valence-electron chi connectivity index (χ2n) is 2.05. The summed E-state index contributed by atoms with van der Waals surface area (Å²) in [6.45, 7) is 0. The van der Waals surface area contributed by atoms with E-state index < -0.39 is 18.0 Å². The van der Waals surface area contributed by atoms with Crippen LogP contribution in [0.15, 0.2) is 12.2 Å². The molecule has 50 valence electrons. The molecule has 1 unspecified atom stereocenters. The number of carbonyl (C=O) groups is 1. The van der Waals surface area contributed by atoms with Gasteiger partial charge >= 0.3 is 0 Å². The van der Waals surface area contributed by atoms with Crippen LogP contribution in [0.4, 0.5) is 0 Å². The Hall–Kier alpha value is -0.670. The lowest BCUT2D eigenvalue weighted by molar-refractivity contribution is -0.128. The third-order valence-electron chi connectivity index (χ3n) is 1.32. The molecule has 0 heterocycles. The van der Waals surface area contributed by atoms with Crippen molar-refractivity contribution in [3.63, 3.8) is 0 Å². The van der Waals surface area contributed by atoms with Gasteiger partial charge in [0.25, 0.3) is 0 Å². The molecule has 0 radical (unpaired) electrons. The van der Waals surface area contributed by atoms with Gasteiger partial charge < -0.3 is 10.2 Å². The van der Waals surface area contributed by atoms with Crippen LogP contribution < -0.4 is 0 Å². The van der Waals surface area contributed by atoms with Gasteiger partial charge in [-0.15, -0.1) is 0 Å². The number of ketones is 1. The van der Waals surface area contributed by atoms with Gasteiger partial charge in [-0.25, -0.2) is 0 Å². The fourth-order valence-corrected chi connectivity index (χ4v) is 0.741. The quantitative estimate of drug-likeness (QED) is 0.450. The van der Waals surface area contributed by atoms with Gasteiger partial charge in [-0.3, -0.25) is 4.79 Å². The van der Waals surface area contributed by atoms with E-state index in [0.717, 1.165) is 0 Å². The second kappa shape index (κ2) is 2.29. The summed E-state index contributed by atoms with van der Waals surface area (Å²) in [6.07, 6.45) is 1.11. The average Bonchev–Trinajstić information content (AvgIpc) is 1.83. The molecule has 1 rings (SSSR count). The highest BCUT2D eigenvalue weighted by molar-refractivity contribution is 5.94. The Kier molecular flexibility index (Phi) is 1.64. The van der Waals surface area contributed by atoms with Crippen LogP contribution in [0.3, 0.4) is 0 Å². The molecule has 0 aromatic carbocycles. The number of rotatable bonds is 0. The van der Waals surface area contributed by atoms with Crippen LogP contribution in [0.2, 0.25) is 0 Å². The summed E-state index contributed by atoms with van der Waals surface area (Å²) < 4.78 is 0. The summed E-state index contributed by atoms with van der Waals surface area (Å²) in [5.41, 5.74) is 0. The molecule has 0 saturated carbocycles. The number of aliphatic hydroxyl groups is 2. The highest BCUT2D eigenvalue weighted by Gasteiger charge is 2.23. The van der Waals surface area contributed by atoms with Crippen LogP contribution >= 0.6 is 0 Å². The van der Waals surface area contributed by atoms with E-state index in [1.54, 1.807) is 6.08 Å². The lowest BCUT2D eigenvalue weighted by Gasteiger charge is -2.16. The highest BCUT2D eigenvalue weighted by Crippen LogP contribution is 2.07. The van der Waals surface area contributed by atoms with Crippen LogP contribution in [0, 0.1) is 0 Å². The smallest absolute Gasteiger partial charge is 0.186 e. The van der Waals surface area contributed by atoms with Gasteiger partial charge in [0, 0.05) is 0 Å². The van der Waals surface area contributed by atoms with Gasteiger partial charge in [-0.05, 0) is 12.5 Å². The molecule has 0 saturated heterocycles. The van der Waals surface area contributed by atoms with Gasteiger partial charge in [0.15, 0.2) is 5.78 Å². The van der Waals surface area contributed by atoms with Gasteiger partial charge in [0.05, 0.1) is 6.10 Å². The highest BCUT2D eigenvalue weighted by atomic mass is 16.3. The largest absolute Gasteiger partial charge is 0.390 e. The first-order valence-corrected chi connectivity index (χ1v) is 2.78. The standard InChI is InChI=1S/C6H8O3/c7-4-2-1-3-5(8)6(4)9/h1-2,5-6,8-9H,3H2/t5?,6-/m1/s1. The fraction of sp³-hybridized carbons (Fsp3) is 0.500. The minimum atomic E-state index is -1.20. The van der Waals surface area contributed by atoms with Gasteiger partial charge in [0.2, 0.25) is 0 Å². The predicted octanol–water partition coefficient (Wildman–Crippen LogP) is -0.763. The third kappa shape index (κ3) is 1.17. The minimum Gasteiger partial charge on any atom is -0.390 e. The fourth-order valence-electron chi connectivity index (χ4n) is 0.741. The first-order chi connectivity index (χ1) is 4.22. The van der Waals surface area contributed by atoms with Crippen LogP contribution in [-0.4, -0.2) is 28.2 Å². The Morgan fingerprint density at radius 3 is 2.67 bits per heavy atom. The topological polar surface area (TPSA) is 57.5 Å². The minimum absolute atomic E-state index is 0.368. The third-order valence-corrected chi connectivity index (χ3v) is 1.32. The number of carbonyl (C=O) groups excluding carboxylic acids is 1. The maximum atomic E-state index is 10.5. The molecular weight excluding hydrogens is 120 g/mol. The Balaban J connectivity index is 2.69. The monoisotopic (exact) mass is 128 g/mol. The molecule has 3 heteroatoms. The molecule has 2 N–H and O–H groups in total. The molecule has 0 fully saturated rings. The molecule has 0 aromatic rings. The molecule has 0 bridgehead atoms. The predicted molar refractivity (Wildman–Crippen MR) is 30.8 cm³/mol. The first kappa shape index (κ1) is 6.45. The van der Waals surface area contributed by atoms with Gasteiger partial charge in [-0.2, -0.15) is 0 Å². The number of hydrogen-bond donors (Lipinski definition) is 2. The van der Waals surface area contributed by atoms with E-state index in [2.05, 4.69) is 0 Å². The zero-order valence-corrected chi connectivity index (χ0v) is 4.82. The SMILES string of the molecule is O=C1C=CCC(O)[C@@H]1O. The van der Waals surface area contributed by atoms with E-state index in [1.165, 1.54) is 6.08 Å². The maximum Gasteiger partial charge on any atom is 0.186 e. The van der Waals surface area contributed by atoms with Crippen molar-refractivity contribution in [2.45, 2.75) is 18.6 Å². The van der Waals surface area contributed by atoms with Crippen molar-refractivity contribution in [2.75, 3.05) is 0 Å². The lowest BCUT2D eigenvalue weighted by atomic mass is 10.0. The lowest BCUT2D eigenvalue weighted by Crippen LogP contribution is -2.34. The summed E-state index contributed by atoms with van der Waals surface area (Å²) in [6, 6.07) is 0. The van der Waals surface area contributed by atoms with Crippen molar-refractivity contribution in [1.29, 1.82) is 0 Å². The Labute approximate surface area is 52.6 Å². The van der Waals surface area contributed by atoms with Gasteiger partial charge in [-0.1, -0.05) is 6.08 Å². The van der Waals surface area contributed by atoms with Crippen LogP contribution in [-0.2, 0) is 4.79 Å². The number of aliphatic hydroxyl groups excluding tert-OH is 2. The Bertz CT molecular complexity index is 150. The summed E-state index contributed by atoms with van der Waals surface area (Å²) >= 11 is 0. The van der Waals surface area contributed by atoms with Gasteiger partial charge in [0.1, 0.15) is 6.10 Å². The maximum absolute atomic E-state index is 10.5.